The van der Waals surface area contributed by atoms with Crippen molar-refractivity contribution in [2.75, 3.05) is 39.1 Å². The van der Waals surface area contributed by atoms with Crippen LogP contribution in [0.2, 0.25) is 0 Å². The summed E-state index contributed by atoms with van der Waals surface area (Å²) >= 11 is 0. The number of benzene rings is 2. The van der Waals surface area contributed by atoms with E-state index < -0.39 is 29.9 Å². The number of hydrogen-bond acceptors (Lipinski definition) is 15. The Morgan fingerprint density at radius 1 is 0.986 bits per heavy atom. The number of guanidine groups is 1. The maximum absolute atomic E-state index is 13.3. The summed E-state index contributed by atoms with van der Waals surface area (Å²) in [4.78, 5) is 18.3. The van der Waals surface area contributed by atoms with E-state index in [0.717, 1.165) is 53.7 Å². The molecular formula is C54H74N4O9S2. The van der Waals surface area contributed by atoms with E-state index in [1.807, 2.05) is 0 Å². The van der Waals surface area contributed by atoms with Gasteiger partial charge in [0.1, 0.15) is 12.5 Å². The van der Waals surface area contributed by atoms with Crippen molar-refractivity contribution in [3.8, 4) is 46.7 Å². The number of ketones is 1. The second-order valence-electron chi connectivity index (χ2n) is 20.8. The summed E-state index contributed by atoms with van der Waals surface area (Å²) in [6.07, 6.45) is 9.76. The lowest BCUT2D eigenvalue weighted by Gasteiger charge is -2.52. The topological polar surface area (TPSA) is 197 Å². The highest BCUT2D eigenvalue weighted by Gasteiger charge is 2.51. The number of nitrogens with one attached hydrogen (secondary N) is 2. The number of nitrogens with two attached hydrogens (primary N) is 1. The monoisotopic (exact) mass is 986 g/mol. The fourth-order valence-corrected chi connectivity index (χ4v) is 14.9. The molecule has 13 nitrogen and oxygen atoms in total. The summed E-state index contributed by atoms with van der Waals surface area (Å²) in [5, 5.41) is 52.3. The fraction of sp³-hybridized carbons (Fsp3) is 0.667. The van der Waals surface area contributed by atoms with Crippen molar-refractivity contribution in [1.82, 2.24) is 10.6 Å². The lowest BCUT2D eigenvalue weighted by Crippen LogP contribution is -2.58. The van der Waals surface area contributed by atoms with Crippen LogP contribution < -0.4 is 30.6 Å². The summed E-state index contributed by atoms with van der Waals surface area (Å²) in [5.74, 6) is 16.9. The molecule has 8 N–H and O–H groups in total. The van der Waals surface area contributed by atoms with Crippen molar-refractivity contribution >= 4 is 33.3 Å². The minimum Gasteiger partial charge on any atom is -0.504 e. The van der Waals surface area contributed by atoms with Gasteiger partial charge < -0.3 is 50.4 Å². The molecule has 3 aliphatic carbocycles. The lowest BCUT2D eigenvalue weighted by atomic mass is 9.58. The molecule has 2 aromatic carbocycles. The molecule has 0 aromatic heterocycles. The van der Waals surface area contributed by atoms with Gasteiger partial charge >= 0.3 is 0 Å². The first kappa shape index (κ1) is 51.6. The van der Waals surface area contributed by atoms with E-state index in [1.54, 1.807) is 40.8 Å². The first-order valence-corrected chi connectivity index (χ1v) is 27.8. The van der Waals surface area contributed by atoms with Crippen LogP contribution in [0.4, 0.5) is 0 Å². The van der Waals surface area contributed by atoms with E-state index in [-0.39, 0.29) is 85.2 Å². The summed E-state index contributed by atoms with van der Waals surface area (Å²) in [6.45, 7) is 4.42. The second-order valence-corrected chi connectivity index (χ2v) is 23.4. The molecule has 0 radical (unpaired) electrons. The SMILES string of the molecule is COc1c(O)ccc2c1C#CCc1cc(c3c4c1OCN[C@@]1(CC#C[C@H]5NC(N)=N[C@@H](C(C)C)CSSC[C@H]5[C@H](C3)[C@@H](O)O4)CC3(CCCC3)CC[C@H]1CC[C@@H](CO)OC)CC[C@@H](O)CC(=O)CC2. The third kappa shape index (κ3) is 11.9. The van der Waals surface area contributed by atoms with Crippen LogP contribution >= 0.6 is 21.6 Å². The van der Waals surface area contributed by atoms with E-state index in [9.17, 15) is 25.2 Å². The number of hydrogen-bond donors (Lipinski definition) is 7. The first-order valence-electron chi connectivity index (χ1n) is 25.3. The number of phenols is 1. The Hall–Kier alpha value is -3.80. The molecule has 7 aliphatic rings. The molecule has 2 spiro atoms. The molecule has 376 valence electrons. The number of methoxy groups -OCH3 is 2. The summed E-state index contributed by atoms with van der Waals surface area (Å²) in [7, 11) is 6.70. The van der Waals surface area contributed by atoms with Gasteiger partial charge in [-0.2, -0.15) is 0 Å². The Balaban J connectivity index is 1.28. The number of carbonyl (C=O) groups is 1. The van der Waals surface area contributed by atoms with Gasteiger partial charge in [0.25, 0.3) is 0 Å². The highest BCUT2D eigenvalue weighted by Crippen LogP contribution is 2.56. The average molecular weight is 987 g/mol. The van der Waals surface area contributed by atoms with Crippen LogP contribution in [-0.4, -0.2) is 107 Å². The maximum atomic E-state index is 13.3. The third-order valence-corrected chi connectivity index (χ3v) is 18.6. The predicted octanol–water partition coefficient (Wildman–Crippen LogP) is 6.59. The molecule has 2 saturated carbocycles. The smallest absolute Gasteiger partial charge is 0.201 e. The van der Waals surface area contributed by atoms with Crippen molar-refractivity contribution in [3.63, 3.8) is 0 Å². The summed E-state index contributed by atoms with van der Waals surface area (Å²) < 4.78 is 25.2. The quantitative estimate of drug-likeness (QED) is 0.116. The van der Waals surface area contributed by atoms with E-state index in [1.165, 1.54) is 32.8 Å². The van der Waals surface area contributed by atoms with Crippen molar-refractivity contribution in [1.29, 1.82) is 0 Å². The number of nitrogens with zero attached hydrogens (tertiary/aromatic N) is 1. The molecule has 2 fully saturated rings. The molecule has 15 heteroatoms. The number of aryl methyl sites for hydroxylation is 2. The van der Waals surface area contributed by atoms with Gasteiger partial charge in [0.15, 0.2) is 29.0 Å². The molecule has 0 amide bonds. The van der Waals surface area contributed by atoms with Crippen molar-refractivity contribution < 1.29 is 44.2 Å². The zero-order valence-electron chi connectivity index (χ0n) is 40.9. The number of ether oxygens (including phenoxy) is 4. The highest BCUT2D eigenvalue weighted by atomic mass is 33.1. The van der Waals surface area contributed by atoms with Crippen molar-refractivity contribution in [3.05, 3.63) is 46.0 Å². The van der Waals surface area contributed by atoms with Crippen LogP contribution in [0.25, 0.3) is 0 Å². The lowest BCUT2D eigenvalue weighted by molar-refractivity contribution is -0.121. The van der Waals surface area contributed by atoms with Crippen LogP contribution in [-0.2, 0) is 35.2 Å². The van der Waals surface area contributed by atoms with Crippen LogP contribution in [0.1, 0.15) is 125 Å². The second kappa shape index (κ2) is 23.2. The summed E-state index contributed by atoms with van der Waals surface area (Å²) in [6, 6.07) is 4.99. The molecule has 9 rings (SSSR count). The van der Waals surface area contributed by atoms with Gasteiger partial charge in [0.2, 0.25) is 6.29 Å². The number of carbonyl (C=O) groups excluding carboxylic acids is 1. The number of aromatic hydroxyl groups is 1. The van der Waals surface area contributed by atoms with Crippen LogP contribution in [0, 0.1) is 52.8 Å². The zero-order chi connectivity index (χ0) is 48.7. The predicted molar refractivity (Wildman–Crippen MR) is 272 cm³/mol. The summed E-state index contributed by atoms with van der Waals surface area (Å²) in [5.41, 5.74) is 10.4. The largest absolute Gasteiger partial charge is 0.504 e. The average Bonchev–Trinajstić information content (AvgIpc) is 3.77. The number of Topliss-reactive ketones (excluding diaryl/α,β-unsaturated/α-hetero) is 1. The molecule has 4 heterocycles. The van der Waals surface area contributed by atoms with Crippen molar-refractivity contribution in [2.24, 2.45) is 39.8 Å². The van der Waals surface area contributed by atoms with Gasteiger partial charge in [-0.25, -0.2) is 4.99 Å². The molecule has 4 aliphatic heterocycles. The number of aliphatic hydroxyl groups excluding tert-OH is 3. The number of rotatable bonds is 7. The first-order chi connectivity index (χ1) is 33.3. The Morgan fingerprint density at radius 2 is 1.80 bits per heavy atom. The molecule has 0 unspecified atom stereocenters. The molecule has 69 heavy (non-hydrogen) atoms. The maximum Gasteiger partial charge on any atom is 0.201 e. The van der Waals surface area contributed by atoms with Gasteiger partial charge in [-0.15, -0.1) is 0 Å². The molecule has 6 bridgehead atoms. The number of aliphatic imine (C=N–C) groups is 1. The molecule has 0 saturated heterocycles. The fourth-order valence-electron chi connectivity index (χ4n) is 12.1. The minimum atomic E-state index is -1.22. The third-order valence-electron chi connectivity index (χ3n) is 16.1. The van der Waals surface area contributed by atoms with Gasteiger partial charge in [-0.3, -0.25) is 10.1 Å². The highest BCUT2D eigenvalue weighted by molar-refractivity contribution is 8.76. The van der Waals surface area contributed by atoms with Gasteiger partial charge in [0, 0.05) is 72.8 Å². The number of aliphatic hydroxyl groups is 3. The Morgan fingerprint density at radius 3 is 2.57 bits per heavy atom. The van der Waals surface area contributed by atoms with E-state index in [0.29, 0.717) is 67.3 Å². The van der Waals surface area contributed by atoms with Gasteiger partial charge in [0.05, 0.1) is 43.6 Å². The number of fused-ring (bicyclic) bond motifs is 7. The van der Waals surface area contributed by atoms with Crippen molar-refractivity contribution in [2.45, 2.75) is 159 Å². The van der Waals surface area contributed by atoms with Gasteiger partial charge in [-0.05, 0) is 105 Å². The van der Waals surface area contributed by atoms with Crippen LogP contribution in [0.5, 0.6) is 23.0 Å². The van der Waals surface area contributed by atoms with E-state index in [4.69, 9.17) is 29.7 Å². The minimum absolute atomic E-state index is 0.00968. The Kier molecular flexibility index (Phi) is 17.3. The molecular weight excluding hydrogens is 913 g/mol. The zero-order valence-corrected chi connectivity index (χ0v) is 42.6. The molecule has 2 aromatic rings. The van der Waals surface area contributed by atoms with Crippen LogP contribution in [0.3, 0.4) is 0 Å². The van der Waals surface area contributed by atoms with E-state index in [2.05, 4.69) is 54.2 Å². The van der Waals surface area contributed by atoms with Crippen LogP contribution in [0.15, 0.2) is 23.2 Å². The Labute approximate surface area is 417 Å². The molecule has 9 atom stereocenters. The number of phenolic OH excluding ortho intramolecular Hbond substituents is 1. The van der Waals surface area contributed by atoms with E-state index >= 15 is 0 Å². The normalized spacial score (nSPS) is 29.9. The Bertz CT molecular complexity index is 2290. The van der Waals surface area contributed by atoms with Gasteiger partial charge in [-0.1, -0.05) is 84.1 Å². The standard InChI is InChI=1S/C54H74N4O9S2/c1-33(2)46-30-69-68-29-44-43-27-42-35-13-17-39(61)26-38(60)16-12-34-14-19-47(62)49(65-4)41(34)10-7-9-36(25-35)48(50(42)67-51(43)63)66-32-56-54(23-8-11-45(44)57-52(55)58-46)31-53(21-5-6-22-53)24-20-37(54)15-18-40(28-59)64-3/h14,19,25,33,37,39-40,43-46,51,56,59,61-63H,5-6,9,12-13,15-18,20-24,26-32H2,1-4H3,(H3,55,57,58)/t37-,39-,40+,43+,44+,45-,46-,51+,54+/m1/s1.